The van der Waals surface area contributed by atoms with Gasteiger partial charge in [0.1, 0.15) is 18.1 Å². The fraction of sp³-hybridized carbons (Fsp3) is 0.278. The molecule has 2 aromatic rings. The number of nitrogens with one attached hydrogen (secondary N) is 1. The van der Waals surface area contributed by atoms with E-state index >= 15 is 0 Å². The van der Waals surface area contributed by atoms with E-state index < -0.39 is 5.97 Å². The van der Waals surface area contributed by atoms with E-state index in [1.54, 1.807) is 6.92 Å². The molecule has 0 radical (unpaired) electrons. The molecule has 0 saturated heterocycles. The number of rotatable bonds is 6. The molecule has 1 amide bonds. The molecule has 126 valence electrons. The third-order valence-corrected chi connectivity index (χ3v) is 3.40. The van der Waals surface area contributed by atoms with Crippen LogP contribution in [-0.4, -0.2) is 35.1 Å². The molecular formula is C18H20N2O4. The monoisotopic (exact) mass is 328 g/mol. The molecule has 0 fully saturated rings. The van der Waals surface area contributed by atoms with Crippen molar-refractivity contribution in [2.24, 2.45) is 0 Å². The van der Waals surface area contributed by atoms with E-state index in [9.17, 15) is 9.59 Å². The Morgan fingerprint density at radius 3 is 2.38 bits per heavy atom. The van der Waals surface area contributed by atoms with Crippen LogP contribution in [0.5, 0.6) is 5.75 Å². The molecule has 0 bridgehead atoms. The SMILES string of the molecule is Cc1cc(C)cc(OCCNC(=O)c2ccc(C(=O)O)c(C)n2)c1. The number of hydrogen-bond donors (Lipinski definition) is 2. The average molecular weight is 328 g/mol. The van der Waals surface area contributed by atoms with Crippen molar-refractivity contribution in [1.82, 2.24) is 10.3 Å². The Bertz CT molecular complexity index is 751. The number of ether oxygens (including phenoxy) is 1. The van der Waals surface area contributed by atoms with E-state index in [0.29, 0.717) is 18.8 Å². The fourth-order valence-electron chi connectivity index (χ4n) is 2.35. The first kappa shape index (κ1) is 17.5. The Morgan fingerprint density at radius 2 is 1.79 bits per heavy atom. The van der Waals surface area contributed by atoms with E-state index in [1.807, 2.05) is 26.0 Å². The Hall–Kier alpha value is -2.89. The van der Waals surface area contributed by atoms with Crippen LogP contribution in [0.1, 0.15) is 37.7 Å². The van der Waals surface area contributed by atoms with Gasteiger partial charge in [0.05, 0.1) is 17.8 Å². The van der Waals surface area contributed by atoms with Gasteiger partial charge >= 0.3 is 5.97 Å². The van der Waals surface area contributed by atoms with Gasteiger partial charge in [0, 0.05) is 0 Å². The van der Waals surface area contributed by atoms with Crippen LogP contribution in [0, 0.1) is 20.8 Å². The smallest absolute Gasteiger partial charge is 0.337 e. The molecule has 6 heteroatoms. The minimum absolute atomic E-state index is 0.0877. The highest BCUT2D eigenvalue weighted by Crippen LogP contribution is 2.15. The lowest BCUT2D eigenvalue weighted by molar-refractivity contribution is 0.0694. The van der Waals surface area contributed by atoms with Crippen LogP contribution in [0.15, 0.2) is 30.3 Å². The lowest BCUT2D eigenvalue weighted by Crippen LogP contribution is -2.29. The van der Waals surface area contributed by atoms with Gasteiger partial charge in [0.25, 0.3) is 5.91 Å². The number of nitrogens with zero attached hydrogens (tertiary/aromatic N) is 1. The maximum absolute atomic E-state index is 12.0. The van der Waals surface area contributed by atoms with Gasteiger partial charge in [-0.1, -0.05) is 6.07 Å². The maximum Gasteiger partial charge on any atom is 0.337 e. The van der Waals surface area contributed by atoms with Crippen LogP contribution < -0.4 is 10.1 Å². The number of amides is 1. The topological polar surface area (TPSA) is 88.5 Å². The van der Waals surface area contributed by atoms with Crippen molar-refractivity contribution in [3.05, 3.63) is 58.4 Å². The molecule has 0 aliphatic heterocycles. The second-order valence-corrected chi connectivity index (χ2v) is 5.56. The van der Waals surface area contributed by atoms with Crippen LogP contribution >= 0.6 is 0 Å². The van der Waals surface area contributed by atoms with Gasteiger partial charge in [0.2, 0.25) is 0 Å². The van der Waals surface area contributed by atoms with E-state index in [1.165, 1.54) is 12.1 Å². The molecule has 24 heavy (non-hydrogen) atoms. The first-order valence-corrected chi connectivity index (χ1v) is 7.57. The number of aryl methyl sites for hydroxylation is 3. The third-order valence-electron chi connectivity index (χ3n) is 3.40. The molecule has 0 unspecified atom stereocenters. The zero-order valence-corrected chi connectivity index (χ0v) is 13.9. The molecule has 6 nitrogen and oxygen atoms in total. The van der Waals surface area contributed by atoms with Gasteiger partial charge in [-0.2, -0.15) is 0 Å². The summed E-state index contributed by atoms with van der Waals surface area (Å²) < 4.78 is 5.62. The molecule has 1 heterocycles. The van der Waals surface area contributed by atoms with E-state index in [0.717, 1.165) is 16.9 Å². The largest absolute Gasteiger partial charge is 0.492 e. The lowest BCUT2D eigenvalue weighted by atomic mass is 10.1. The van der Waals surface area contributed by atoms with Crippen molar-refractivity contribution in [2.75, 3.05) is 13.2 Å². The quantitative estimate of drug-likeness (QED) is 0.796. The number of carboxylic acid groups (broad SMARTS) is 1. The Morgan fingerprint density at radius 1 is 1.12 bits per heavy atom. The maximum atomic E-state index is 12.0. The van der Waals surface area contributed by atoms with Gasteiger partial charge < -0.3 is 15.2 Å². The highest BCUT2D eigenvalue weighted by atomic mass is 16.5. The molecule has 1 aromatic heterocycles. The number of aromatic nitrogens is 1. The van der Waals surface area contributed by atoms with Crippen molar-refractivity contribution in [3.8, 4) is 5.75 Å². The van der Waals surface area contributed by atoms with Gasteiger partial charge in [0.15, 0.2) is 0 Å². The standard InChI is InChI=1S/C18H20N2O4/c1-11-8-12(2)10-14(9-11)24-7-6-19-17(21)16-5-4-15(18(22)23)13(3)20-16/h4-5,8-10H,6-7H2,1-3H3,(H,19,21)(H,22,23). The van der Waals surface area contributed by atoms with Crippen LogP contribution in [0.4, 0.5) is 0 Å². The second kappa shape index (κ2) is 7.59. The molecular weight excluding hydrogens is 308 g/mol. The Labute approximate surface area is 140 Å². The number of benzene rings is 1. The van der Waals surface area contributed by atoms with Gasteiger partial charge in [-0.05, 0) is 56.2 Å². The van der Waals surface area contributed by atoms with E-state index in [2.05, 4.69) is 16.4 Å². The van der Waals surface area contributed by atoms with E-state index in [-0.39, 0.29) is 17.2 Å². The minimum Gasteiger partial charge on any atom is -0.492 e. The molecule has 0 spiro atoms. The van der Waals surface area contributed by atoms with Gasteiger partial charge in [-0.15, -0.1) is 0 Å². The summed E-state index contributed by atoms with van der Waals surface area (Å²) in [6.45, 7) is 6.21. The molecule has 2 N–H and O–H groups in total. The minimum atomic E-state index is -1.06. The zero-order valence-electron chi connectivity index (χ0n) is 13.9. The molecule has 0 aliphatic carbocycles. The zero-order chi connectivity index (χ0) is 17.7. The van der Waals surface area contributed by atoms with Crippen LogP contribution in [0.2, 0.25) is 0 Å². The van der Waals surface area contributed by atoms with Crippen molar-refractivity contribution >= 4 is 11.9 Å². The summed E-state index contributed by atoms with van der Waals surface area (Å²) in [6.07, 6.45) is 0. The predicted octanol–water partition coefficient (Wildman–Crippen LogP) is 2.51. The van der Waals surface area contributed by atoms with Crippen LogP contribution in [0.3, 0.4) is 0 Å². The predicted molar refractivity (Wildman–Crippen MR) is 89.7 cm³/mol. The Kier molecular flexibility index (Phi) is 5.52. The molecule has 0 atom stereocenters. The molecule has 2 rings (SSSR count). The lowest BCUT2D eigenvalue weighted by Gasteiger charge is -2.09. The Balaban J connectivity index is 1.87. The third kappa shape index (κ3) is 4.55. The average Bonchev–Trinajstić information content (AvgIpc) is 2.50. The van der Waals surface area contributed by atoms with Crippen molar-refractivity contribution in [2.45, 2.75) is 20.8 Å². The number of hydrogen-bond acceptors (Lipinski definition) is 4. The normalized spacial score (nSPS) is 10.3. The number of carbonyl (C=O) groups excluding carboxylic acids is 1. The summed E-state index contributed by atoms with van der Waals surface area (Å²) in [4.78, 5) is 27.0. The van der Waals surface area contributed by atoms with Gasteiger partial charge in [-0.25, -0.2) is 9.78 Å². The van der Waals surface area contributed by atoms with Crippen LogP contribution in [0.25, 0.3) is 0 Å². The number of aromatic carboxylic acids is 1. The first-order chi connectivity index (χ1) is 11.4. The number of carbonyl (C=O) groups is 2. The van der Waals surface area contributed by atoms with E-state index in [4.69, 9.17) is 9.84 Å². The highest BCUT2D eigenvalue weighted by Gasteiger charge is 2.12. The van der Waals surface area contributed by atoms with Crippen LogP contribution in [-0.2, 0) is 0 Å². The summed E-state index contributed by atoms with van der Waals surface area (Å²) >= 11 is 0. The van der Waals surface area contributed by atoms with Crippen molar-refractivity contribution < 1.29 is 19.4 Å². The highest BCUT2D eigenvalue weighted by molar-refractivity contribution is 5.94. The second-order valence-electron chi connectivity index (χ2n) is 5.56. The molecule has 1 aromatic carbocycles. The summed E-state index contributed by atoms with van der Waals surface area (Å²) in [5.74, 6) is -0.658. The summed E-state index contributed by atoms with van der Waals surface area (Å²) in [7, 11) is 0. The first-order valence-electron chi connectivity index (χ1n) is 7.57. The number of pyridine rings is 1. The summed E-state index contributed by atoms with van der Waals surface area (Å²) in [5.41, 5.74) is 2.81. The summed E-state index contributed by atoms with van der Waals surface area (Å²) in [5, 5.41) is 11.7. The van der Waals surface area contributed by atoms with Gasteiger partial charge in [-0.3, -0.25) is 4.79 Å². The fourth-order valence-corrected chi connectivity index (χ4v) is 2.35. The van der Waals surface area contributed by atoms with Crippen molar-refractivity contribution in [1.29, 1.82) is 0 Å². The molecule has 0 saturated carbocycles. The number of carboxylic acids is 1. The van der Waals surface area contributed by atoms with Crippen molar-refractivity contribution in [3.63, 3.8) is 0 Å². The summed E-state index contributed by atoms with van der Waals surface area (Å²) in [6, 6.07) is 8.71. The molecule has 0 aliphatic rings.